The van der Waals surface area contributed by atoms with Crippen LogP contribution in [-0.2, 0) is 0 Å². The molecule has 1 unspecified atom stereocenters. The first-order valence-corrected chi connectivity index (χ1v) is 6.56. The molecule has 1 heterocycles. The quantitative estimate of drug-likeness (QED) is 0.676. The van der Waals surface area contributed by atoms with Crippen LogP contribution in [0.5, 0.6) is 0 Å². The summed E-state index contributed by atoms with van der Waals surface area (Å²) in [5.41, 5.74) is 0.985. The van der Waals surface area contributed by atoms with Crippen molar-refractivity contribution in [2.24, 2.45) is 0 Å². The number of hydrogen-bond donors (Lipinski definition) is 0. The van der Waals surface area contributed by atoms with Crippen molar-refractivity contribution < 1.29 is 13.3 Å². The Bertz CT molecular complexity index is 741. The maximum atomic E-state index is 13.2. The zero-order valence-electron chi connectivity index (χ0n) is 10.6. The summed E-state index contributed by atoms with van der Waals surface area (Å²) < 4.78 is 31.5. The Labute approximate surface area is 124 Å². The van der Waals surface area contributed by atoms with Gasteiger partial charge in [-0.05, 0) is 17.7 Å². The van der Waals surface area contributed by atoms with Crippen molar-refractivity contribution in [3.8, 4) is 11.4 Å². The van der Waals surface area contributed by atoms with Gasteiger partial charge < -0.3 is 4.52 Å². The minimum atomic E-state index is -0.707. The highest BCUT2D eigenvalue weighted by molar-refractivity contribution is 6.22. The Morgan fingerprint density at radius 3 is 2.33 bits per heavy atom. The van der Waals surface area contributed by atoms with Gasteiger partial charge in [0.15, 0.2) is 0 Å². The molecule has 0 fully saturated rings. The zero-order valence-corrected chi connectivity index (χ0v) is 11.4. The smallest absolute Gasteiger partial charge is 0.249 e. The van der Waals surface area contributed by atoms with E-state index in [0.717, 1.165) is 23.8 Å². The summed E-state index contributed by atoms with van der Waals surface area (Å²) in [5.74, 6) is -1.16. The minimum absolute atomic E-state index is 0.0879. The van der Waals surface area contributed by atoms with Crippen molar-refractivity contribution in [1.29, 1.82) is 0 Å². The van der Waals surface area contributed by atoms with Crippen LogP contribution in [0.15, 0.2) is 53.1 Å². The van der Waals surface area contributed by atoms with Crippen LogP contribution < -0.4 is 0 Å². The van der Waals surface area contributed by atoms with Crippen molar-refractivity contribution in [2.75, 3.05) is 0 Å². The van der Waals surface area contributed by atoms with Gasteiger partial charge in [-0.25, -0.2) is 8.78 Å². The van der Waals surface area contributed by atoms with Gasteiger partial charge in [-0.1, -0.05) is 35.5 Å². The summed E-state index contributed by atoms with van der Waals surface area (Å²) in [5, 5.41) is 3.09. The zero-order chi connectivity index (χ0) is 14.8. The molecule has 3 aromatic rings. The number of benzene rings is 2. The Morgan fingerprint density at radius 1 is 1.00 bits per heavy atom. The summed E-state index contributed by atoms with van der Waals surface area (Å²) in [6.07, 6.45) is 0. The van der Waals surface area contributed by atoms with Crippen molar-refractivity contribution >= 4 is 11.6 Å². The van der Waals surface area contributed by atoms with Crippen LogP contribution in [0.1, 0.15) is 16.8 Å². The molecule has 0 N–H and O–H groups in total. The fourth-order valence-electron chi connectivity index (χ4n) is 1.90. The summed E-state index contributed by atoms with van der Waals surface area (Å²) in [6, 6.07) is 12.2. The molecule has 2 aromatic carbocycles. The lowest BCUT2D eigenvalue weighted by atomic mass is 10.1. The van der Waals surface area contributed by atoms with Crippen molar-refractivity contribution in [2.45, 2.75) is 5.38 Å². The summed E-state index contributed by atoms with van der Waals surface area (Å²) in [4.78, 5) is 4.10. The molecule has 0 aliphatic rings. The second kappa shape index (κ2) is 5.61. The molecule has 6 heteroatoms. The molecule has 0 aliphatic carbocycles. The predicted molar refractivity (Wildman–Crippen MR) is 73.8 cm³/mol. The number of alkyl halides is 1. The number of aromatic nitrogens is 2. The van der Waals surface area contributed by atoms with Crippen LogP contribution in [0, 0.1) is 11.6 Å². The fraction of sp³-hybridized carbons (Fsp3) is 0.0667. The van der Waals surface area contributed by atoms with Gasteiger partial charge in [-0.15, -0.1) is 11.6 Å². The predicted octanol–water partition coefficient (Wildman–Crippen LogP) is 4.34. The first-order valence-electron chi connectivity index (χ1n) is 6.12. The maximum Gasteiger partial charge on any atom is 0.249 e. The van der Waals surface area contributed by atoms with Crippen molar-refractivity contribution in [3.63, 3.8) is 0 Å². The second-order valence-corrected chi connectivity index (χ2v) is 4.82. The highest BCUT2D eigenvalue weighted by atomic mass is 35.5. The maximum absolute atomic E-state index is 13.2. The Hall–Kier alpha value is -2.27. The normalized spacial score (nSPS) is 12.3. The lowest BCUT2D eigenvalue weighted by molar-refractivity contribution is 0.383. The number of halogens is 3. The SMILES string of the molecule is Fc1cc(F)cc(-c2noc(C(Cl)c3ccccc3)n2)c1. The summed E-state index contributed by atoms with van der Waals surface area (Å²) in [7, 11) is 0. The molecule has 0 radical (unpaired) electrons. The number of hydrogen-bond acceptors (Lipinski definition) is 3. The lowest BCUT2D eigenvalue weighted by Crippen LogP contribution is -1.93. The van der Waals surface area contributed by atoms with Crippen LogP contribution in [0.4, 0.5) is 8.78 Å². The molecule has 21 heavy (non-hydrogen) atoms. The molecule has 0 saturated carbocycles. The van der Waals surface area contributed by atoms with E-state index in [4.69, 9.17) is 16.1 Å². The standard InChI is InChI=1S/C15H9ClF2N2O/c16-13(9-4-2-1-3-5-9)15-19-14(20-21-15)10-6-11(17)8-12(18)7-10/h1-8,13H. The van der Waals surface area contributed by atoms with Crippen LogP contribution in [0.3, 0.4) is 0 Å². The number of nitrogens with zero attached hydrogens (tertiary/aromatic N) is 2. The lowest BCUT2D eigenvalue weighted by Gasteiger charge is -2.03. The molecular formula is C15H9ClF2N2O. The minimum Gasteiger partial charge on any atom is -0.337 e. The van der Waals surface area contributed by atoms with Crippen molar-refractivity contribution in [1.82, 2.24) is 10.1 Å². The van der Waals surface area contributed by atoms with Crippen LogP contribution in [0.2, 0.25) is 0 Å². The van der Waals surface area contributed by atoms with Crippen molar-refractivity contribution in [3.05, 3.63) is 71.6 Å². The van der Waals surface area contributed by atoms with Gasteiger partial charge in [0.25, 0.3) is 0 Å². The van der Waals surface area contributed by atoms with E-state index >= 15 is 0 Å². The first-order chi connectivity index (χ1) is 10.1. The summed E-state index contributed by atoms with van der Waals surface area (Å²) in [6.45, 7) is 0. The first kappa shape index (κ1) is 13.7. The monoisotopic (exact) mass is 306 g/mol. The second-order valence-electron chi connectivity index (χ2n) is 4.39. The van der Waals surface area contributed by atoms with Gasteiger partial charge in [0, 0.05) is 11.6 Å². The third kappa shape index (κ3) is 2.92. The molecule has 0 spiro atoms. The molecule has 0 saturated heterocycles. The number of rotatable bonds is 3. The molecule has 1 aromatic heterocycles. The van der Waals surface area contributed by atoms with Gasteiger partial charge >= 0.3 is 0 Å². The van der Waals surface area contributed by atoms with Crippen LogP contribution in [-0.4, -0.2) is 10.1 Å². The largest absolute Gasteiger partial charge is 0.337 e. The highest BCUT2D eigenvalue weighted by Gasteiger charge is 2.19. The van der Waals surface area contributed by atoms with E-state index in [1.165, 1.54) is 0 Å². The van der Waals surface area contributed by atoms with Crippen LogP contribution in [0.25, 0.3) is 11.4 Å². The Kier molecular flexibility index (Phi) is 3.66. The topological polar surface area (TPSA) is 38.9 Å². The Balaban J connectivity index is 1.93. The fourth-order valence-corrected chi connectivity index (χ4v) is 2.14. The van der Waals surface area contributed by atoms with Crippen LogP contribution >= 0.6 is 11.6 Å². The molecule has 0 amide bonds. The van der Waals surface area contributed by atoms with Gasteiger partial charge in [0.05, 0.1) is 0 Å². The van der Waals surface area contributed by atoms with Gasteiger partial charge in [0.1, 0.15) is 17.0 Å². The van der Waals surface area contributed by atoms with E-state index < -0.39 is 17.0 Å². The van der Waals surface area contributed by atoms with Gasteiger partial charge in [0.2, 0.25) is 11.7 Å². The Morgan fingerprint density at radius 2 is 1.67 bits per heavy atom. The van der Waals surface area contributed by atoms with E-state index in [0.29, 0.717) is 0 Å². The molecule has 3 nitrogen and oxygen atoms in total. The van der Waals surface area contributed by atoms with Gasteiger partial charge in [-0.3, -0.25) is 0 Å². The summed E-state index contributed by atoms with van der Waals surface area (Å²) >= 11 is 6.25. The average molecular weight is 307 g/mol. The van der Waals surface area contributed by atoms with E-state index in [1.807, 2.05) is 30.3 Å². The average Bonchev–Trinajstić information content (AvgIpc) is 2.96. The molecule has 3 rings (SSSR count). The molecule has 1 atom stereocenters. The van der Waals surface area contributed by atoms with E-state index in [-0.39, 0.29) is 17.3 Å². The molecular weight excluding hydrogens is 298 g/mol. The highest BCUT2D eigenvalue weighted by Crippen LogP contribution is 2.29. The third-order valence-corrected chi connectivity index (χ3v) is 3.31. The molecule has 0 aliphatic heterocycles. The molecule has 0 bridgehead atoms. The van der Waals surface area contributed by atoms with E-state index in [9.17, 15) is 8.78 Å². The van der Waals surface area contributed by atoms with E-state index in [2.05, 4.69) is 10.1 Å². The van der Waals surface area contributed by atoms with E-state index in [1.54, 1.807) is 0 Å². The molecule has 106 valence electrons. The third-order valence-electron chi connectivity index (χ3n) is 2.87. The van der Waals surface area contributed by atoms with Gasteiger partial charge in [-0.2, -0.15) is 4.98 Å².